The van der Waals surface area contributed by atoms with Gasteiger partial charge in [-0.25, -0.2) is 0 Å². The molecule has 520 valence electrons. The predicted molar refractivity (Wildman–Crippen MR) is 448 cm³/mol. The number of anilines is 5. The Morgan fingerprint density at radius 1 is 0.224 bits per heavy atom. The van der Waals surface area contributed by atoms with Gasteiger partial charge in [-0.2, -0.15) is 0 Å². The first kappa shape index (κ1) is 65.5. The van der Waals surface area contributed by atoms with Crippen molar-refractivity contribution >= 4 is 40.0 Å². The van der Waals surface area contributed by atoms with Crippen LogP contribution in [0.3, 0.4) is 0 Å². The third-order valence-corrected chi connectivity index (χ3v) is 26.7. The Labute approximate surface area is 636 Å². The van der Waals surface area contributed by atoms with Crippen LogP contribution in [0, 0.1) is 47.3 Å². The lowest BCUT2D eigenvalue weighted by Crippen LogP contribution is -2.55. The monoisotopic (exact) mass is 1400 g/mol. The van der Waals surface area contributed by atoms with Crippen molar-refractivity contribution in [3.63, 3.8) is 0 Å². The van der Waals surface area contributed by atoms with Crippen molar-refractivity contribution in [1.29, 1.82) is 0 Å². The fourth-order valence-corrected chi connectivity index (χ4v) is 22.5. The van der Waals surface area contributed by atoms with Crippen molar-refractivity contribution < 1.29 is 0 Å². The summed E-state index contributed by atoms with van der Waals surface area (Å²) >= 11 is 6.15. The lowest BCUT2D eigenvalue weighted by molar-refractivity contribution is -0.0399. The van der Waals surface area contributed by atoms with E-state index in [4.69, 9.17) is 11.6 Å². The van der Waals surface area contributed by atoms with Crippen LogP contribution in [0.15, 0.2) is 352 Å². The number of rotatable bonds is 11. The molecule has 10 aliphatic rings. The molecule has 0 atom stereocenters. The maximum atomic E-state index is 6.15. The molecule has 14 aromatic rings. The maximum Gasteiger partial charge on any atom is 0.0462 e. The second kappa shape index (κ2) is 27.4. The third kappa shape index (κ3) is 11.7. The van der Waals surface area contributed by atoms with Crippen LogP contribution in [-0.2, 0) is 10.8 Å². The molecular formula is C104H87ClN2. The zero-order valence-electron chi connectivity index (χ0n) is 60.5. The van der Waals surface area contributed by atoms with E-state index in [1.165, 1.54) is 153 Å². The highest BCUT2D eigenvalue weighted by atomic mass is 35.5. The van der Waals surface area contributed by atoms with Gasteiger partial charge in [-0.15, -0.1) is 0 Å². The van der Waals surface area contributed by atoms with Crippen LogP contribution in [0.1, 0.15) is 86.5 Å². The van der Waals surface area contributed by atoms with Crippen molar-refractivity contribution in [2.45, 2.75) is 75.0 Å². The van der Waals surface area contributed by atoms with Crippen molar-refractivity contribution in [1.82, 2.24) is 0 Å². The Bertz CT molecular complexity index is 5300. The van der Waals surface area contributed by atoms with Gasteiger partial charge in [0.15, 0.2) is 0 Å². The van der Waals surface area contributed by atoms with E-state index < -0.39 is 0 Å². The molecule has 8 bridgehead atoms. The van der Waals surface area contributed by atoms with Crippen LogP contribution in [0.4, 0.5) is 28.4 Å². The summed E-state index contributed by atoms with van der Waals surface area (Å²) in [5, 5.41) is 4.27. The normalized spacial score (nSPS) is 22.9. The molecule has 0 aromatic heterocycles. The predicted octanol–water partition coefficient (Wildman–Crippen LogP) is 28.4. The molecule has 8 saturated carbocycles. The highest BCUT2D eigenvalue weighted by Crippen LogP contribution is 2.71. The first-order valence-electron chi connectivity index (χ1n) is 39.4. The Balaban J connectivity index is 0.000000117. The largest absolute Gasteiger partial charge is 0.356 e. The lowest BCUT2D eigenvalue weighted by atomic mass is 9.43. The summed E-state index contributed by atoms with van der Waals surface area (Å²) in [6.45, 7) is 0. The first-order chi connectivity index (χ1) is 52.8. The number of halogens is 1. The van der Waals surface area contributed by atoms with Crippen molar-refractivity contribution in [2.24, 2.45) is 47.3 Å². The van der Waals surface area contributed by atoms with Gasteiger partial charge in [0, 0.05) is 44.3 Å². The maximum absolute atomic E-state index is 6.15. The van der Waals surface area contributed by atoms with Crippen LogP contribution < -0.4 is 10.2 Å². The van der Waals surface area contributed by atoms with Crippen LogP contribution in [0.2, 0.25) is 5.02 Å². The van der Waals surface area contributed by atoms with E-state index in [1.54, 1.807) is 22.3 Å². The minimum atomic E-state index is 0.184. The fraction of sp³-hybridized carbons (Fsp3) is 0.192. The SMILES string of the molecule is Clc1ccc(-c2ccc3c(c2)C2(c4ccccc4-3)C3CC4CC(C3)CC2C4)cc1.c1ccc(-c2ccc(N(c3ccc(-c4ccccc4)cc3)c3ccc(-c4ccc5c(c4)C4(c6ccccc6-5)C5CC6CC(C5)CC4C6)cc3)cc2)cc1.c1ccc(-c2ccc(Nc3ccc(-c4ccccc4)cc3)cc2)cc1. The van der Waals surface area contributed by atoms with E-state index in [0.29, 0.717) is 0 Å². The van der Waals surface area contributed by atoms with Crippen LogP contribution >= 0.6 is 11.6 Å². The first-order valence-corrected chi connectivity index (χ1v) is 39.8. The van der Waals surface area contributed by atoms with E-state index in [2.05, 4.69) is 338 Å². The Morgan fingerprint density at radius 3 is 0.785 bits per heavy atom. The zero-order valence-corrected chi connectivity index (χ0v) is 61.3. The molecule has 0 radical (unpaired) electrons. The Hall–Kier alpha value is -11.0. The molecule has 2 nitrogen and oxygen atoms in total. The summed E-state index contributed by atoms with van der Waals surface area (Å²) in [5.74, 6) is 7.05. The Morgan fingerprint density at radius 2 is 0.467 bits per heavy atom. The molecule has 0 unspecified atom stereocenters. The highest BCUT2D eigenvalue weighted by molar-refractivity contribution is 6.30. The van der Waals surface area contributed by atoms with Crippen molar-refractivity contribution in [2.75, 3.05) is 10.2 Å². The van der Waals surface area contributed by atoms with E-state index in [0.717, 1.165) is 80.8 Å². The summed E-state index contributed by atoms with van der Waals surface area (Å²) in [6.07, 6.45) is 14.4. The van der Waals surface area contributed by atoms with E-state index in [1.807, 2.05) is 24.3 Å². The van der Waals surface area contributed by atoms with Gasteiger partial charge in [0.05, 0.1) is 0 Å². The molecule has 0 amide bonds. The van der Waals surface area contributed by atoms with Gasteiger partial charge in [-0.3, -0.25) is 0 Å². The minimum absolute atomic E-state index is 0.184. The molecule has 14 aromatic carbocycles. The topological polar surface area (TPSA) is 15.3 Å². The highest BCUT2D eigenvalue weighted by Gasteiger charge is 2.63. The molecule has 24 rings (SSSR count). The molecule has 107 heavy (non-hydrogen) atoms. The van der Waals surface area contributed by atoms with Crippen LogP contribution in [0.25, 0.3) is 89.0 Å². The molecule has 1 N–H and O–H groups in total. The quantitative estimate of drug-likeness (QED) is 0.139. The average Bonchev–Trinajstić information content (AvgIpc) is 1.55. The third-order valence-electron chi connectivity index (χ3n) is 26.5. The van der Waals surface area contributed by atoms with Gasteiger partial charge in [-0.1, -0.05) is 279 Å². The molecule has 0 heterocycles. The summed E-state index contributed by atoms with van der Waals surface area (Å²) in [6, 6.07) is 128. The average molecular weight is 1400 g/mol. The van der Waals surface area contributed by atoms with Crippen LogP contribution in [-0.4, -0.2) is 0 Å². The molecule has 10 aliphatic carbocycles. The molecular weight excluding hydrogens is 1310 g/mol. The molecule has 0 aliphatic heterocycles. The van der Waals surface area contributed by atoms with E-state index in [9.17, 15) is 0 Å². The van der Waals surface area contributed by atoms with E-state index in [-0.39, 0.29) is 10.8 Å². The van der Waals surface area contributed by atoms with Crippen molar-refractivity contribution in [3.05, 3.63) is 379 Å². The van der Waals surface area contributed by atoms with Gasteiger partial charge < -0.3 is 10.2 Å². The number of benzene rings is 14. The van der Waals surface area contributed by atoms with Crippen molar-refractivity contribution in [3.8, 4) is 89.0 Å². The number of hydrogen-bond donors (Lipinski definition) is 1. The smallest absolute Gasteiger partial charge is 0.0462 e. The number of fused-ring (bicyclic) bond motifs is 6. The van der Waals surface area contributed by atoms with Crippen LogP contribution in [0.5, 0.6) is 0 Å². The van der Waals surface area contributed by atoms with Gasteiger partial charge in [0.1, 0.15) is 0 Å². The zero-order chi connectivity index (χ0) is 71.0. The summed E-state index contributed by atoms with van der Waals surface area (Å²) in [5.41, 5.74) is 33.6. The van der Waals surface area contributed by atoms with Gasteiger partial charge in [0.2, 0.25) is 0 Å². The lowest BCUT2D eigenvalue weighted by Gasteiger charge is -2.61. The molecule has 8 fully saturated rings. The van der Waals surface area contributed by atoms with Gasteiger partial charge in [0.25, 0.3) is 0 Å². The standard InChI is InChI=1S/C52H43N.C28H25Cl.C24H19N/c1-3-9-37(10-4-1)39-15-22-45(23-16-39)53(46-24-17-40(18-25-46)38-11-5-2-6-12-38)47-26-19-41(20-27-47)42-21-28-49-48-13-7-8-14-50(48)52(51(49)34-42)43-30-35-29-36(32-43)33-44(52)31-35;29-23-8-5-19(6-9-23)20-7-10-25-24-3-1-2-4-26(24)28(27(25)16-20)21-12-17-11-18(14-21)15-22(28)13-17;1-3-7-19(8-4-1)21-11-15-23(16-12-21)25-24-17-13-22(14-18-24)20-9-5-2-6-10-20/h1-28,34-36,43-44H,29-33H2;1-10,16-18,21-22H,11-15H2;1-18,25H. The molecule has 0 saturated heterocycles. The van der Waals surface area contributed by atoms with Gasteiger partial charge in [-0.05, 0) is 308 Å². The number of nitrogens with one attached hydrogen (secondary N) is 1. The van der Waals surface area contributed by atoms with E-state index >= 15 is 0 Å². The molecule has 2 spiro atoms. The summed E-state index contributed by atoms with van der Waals surface area (Å²) < 4.78 is 0. The second-order valence-electron chi connectivity index (χ2n) is 32.2. The fourth-order valence-electron chi connectivity index (χ4n) is 22.3. The minimum Gasteiger partial charge on any atom is -0.356 e. The van der Waals surface area contributed by atoms with Gasteiger partial charge >= 0.3 is 0 Å². The number of nitrogens with zero attached hydrogens (tertiary/aromatic N) is 1. The molecule has 3 heteroatoms. The summed E-state index contributed by atoms with van der Waals surface area (Å²) in [7, 11) is 0. The Kier molecular flexibility index (Phi) is 16.8. The second-order valence-corrected chi connectivity index (χ2v) is 32.6. The summed E-state index contributed by atoms with van der Waals surface area (Å²) in [4.78, 5) is 2.39. The number of hydrogen-bond acceptors (Lipinski definition) is 2.